The van der Waals surface area contributed by atoms with Gasteiger partial charge in [-0.25, -0.2) is 0 Å². The summed E-state index contributed by atoms with van der Waals surface area (Å²) in [5.74, 6) is 0. The van der Waals surface area contributed by atoms with E-state index in [0.717, 1.165) is 38.9 Å². The van der Waals surface area contributed by atoms with Gasteiger partial charge in [0.15, 0.2) is 0 Å². The van der Waals surface area contributed by atoms with Crippen molar-refractivity contribution < 1.29 is 0 Å². The van der Waals surface area contributed by atoms with Crippen molar-refractivity contribution in [1.82, 2.24) is 29.4 Å². The van der Waals surface area contributed by atoms with Crippen LogP contribution in [0.15, 0.2) is 0 Å². The molecule has 3 aliphatic heterocycles. The van der Waals surface area contributed by atoms with Crippen LogP contribution in [-0.2, 0) is 38.9 Å². The number of likely N-dealkylation sites (N-methyl/N-ethyl adjacent to an activating group) is 1. The number of piperazine rings is 3. The maximum absolute atomic E-state index is 2.77. The van der Waals surface area contributed by atoms with E-state index in [0.29, 0.717) is 12.1 Å². The first-order valence-electron chi connectivity index (χ1n) is 17.3. The largest absolute Gasteiger partial charge is 0.301 e. The highest BCUT2D eigenvalue weighted by Crippen LogP contribution is 2.34. The lowest BCUT2D eigenvalue weighted by atomic mass is 9.82. The molecular weight excluding hydrogens is 504 g/mol. The highest BCUT2D eigenvalue weighted by atomic mass is 15.3. The Hall–Kier alpha value is -1.02. The lowest BCUT2D eigenvalue weighted by molar-refractivity contribution is 0.102. The van der Waals surface area contributed by atoms with Crippen LogP contribution >= 0.6 is 0 Å². The van der Waals surface area contributed by atoms with Gasteiger partial charge in [-0.1, -0.05) is 27.7 Å². The first-order valence-corrected chi connectivity index (χ1v) is 17.3. The first kappa shape index (κ1) is 32.9. The van der Waals surface area contributed by atoms with Crippen LogP contribution in [0, 0.1) is 0 Å². The van der Waals surface area contributed by atoms with E-state index in [9.17, 15) is 0 Å². The van der Waals surface area contributed by atoms with Crippen LogP contribution in [0.1, 0.15) is 88.8 Å². The molecule has 4 rings (SSSR count). The second kappa shape index (κ2) is 15.6. The zero-order chi connectivity index (χ0) is 29.5. The van der Waals surface area contributed by atoms with E-state index in [1.807, 2.05) is 0 Å². The molecular formula is C35H64N6. The minimum atomic E-state index is 0.654. The fourth-order valence-corrected chi connectivity index (χ4v) is 7.76. The van der Waals surface area contributed by atoms with Gasteiger partial charge in [0.2, 0.25) is 0 Å². The van der Waals surface area contributed by atoms with Crippen molar-refractivity contribution in [2.75, 3.05) is 85.1 Å². The minimum absolute atomic E-state index is 0.654. The van der Waals surface area contributed by atoms with Crippen molar-refractivity contribution in [2.24, 2.45) is 0 Å². The van der Waals surface area contributed by atoms with Crippen molar-refractivity contribution >= 4 is 0 Å². The predicted octanol–water partition coefficient (Wildman–Crippen LogP) is 4.56. The van der Waals surface area contributed by atoms with Gasteiger partial charge in [-0.3, -0.25) is 24.5 Å². The zero-order valence-corrected chi connectivity index (χ0v) is 28.3. The molecule has 0 amide bonds. The van der Waals surface area contributed by atoms with E-state index in [1.54, 1.807) is 33.4 Å². The summed E-state index contributed by atoms with van der Waals surface area (Å²) in [5.41, 5.74) is 10.2. The van der Waals surface area contributed by atoms with Gasteiger partial charge in [-0.15, -0.1) is 0 Å². The lowest BCUT2D eigenvalue weighted by Gasteiger charge is -2.40. The quantitative estimate of drug-likeness (QED) is 0.366. The number of hydrogen-bond acceptors (Lipinski definition) is 6. The Morgan fingerprint density at radius 1 is 0.390 bits per heavy atom. The second-order valence-electron chi connectivity index (χ2n) is 13.5. The van der Waals surface area contributed by atoms with Gasteiger partial charge in [0.25, 0.3) is 0 Å². The molecule has 3 fully saturated rings. The van der Waals surface area contributed by atoms with Crippen molar-refractivity contribution in [3.8, 4) is 0 Å². The van der Waals surface area contributed by atoms with Crippen molar-refractivity contribution in [1.29, 1.82) is 0 Å². The molecule has 0 N–H and O–H groups in total. The summed E-state index contributed by atoms with van der Waals surface area (Å²) in [5, 5.41) is 0. The van der Waals surface area contributed by atoms with Crippen molar-refractivity contribution in [3.05, 3.63) is 33.4 Å². The van der Waals surface area contributed by atoms with Crippen LogP contribution in [0.4, 0.5) is 0 Å². The molecule has 6 nitrogen and oxygen atoms in total. The smallest absolute Gasteiger partial charge is 0.0240 e. The van der Waals surface area contributed by atoms with E-state index in [4.69, 9.17) is 0 Å². The molecule has 0 spiro atoms. The van der Waals surface area contributed by atoms with Crippen LogP contribution in [0.25, 0.3) is 0 Å². The van der Waals surface area contributed by atoms with E-state index in [2.05, 4.69) is 84.8 Å². The highest BCUT2D eigenvalue weighted by molar-refractivity contribution is 5.52. The molecule has 0 aromatic heterocycles. The average molecular weight is 569 g/mol. The number of rotatable bonds is 12. The zero-order valence-electron chi connectivity index (χ0n) is 28.3. The van der Waals surface area contributed by atoms with Gasteiger partial charge >= 0.3 is 0 Å². The normalized spacial score (nSPS) is 21.5. The van der Waals surface area contributed by atoms with E-state index in [-0.39, 0.29) is 0 Å². The predicted molar refractivity (Wildman–Crippen MR) is 176 cm³/mol. The molecule has 234 valence electrons. The molecule has 0 bridgehead atoms. The Kier molecular flexibility index (Phi) is 12.5. The van der Waals surface area contributed by atoms with Gasteiger partial charge in [-0.05, 0) is 86.9 Å². The summed E-state index contributed by atoms with van der Waals surface area (Å²) in [4.78, 5) is 16.2. The maximum Gasteiger partial charge on any atom is 0.0240 e. The number of hydrogen-bond donors (Lipinski definition) is 0. The lowest BCUT2D eigenvalue weighted by Crippen LogP contribution is -2.49. The number of benzene rings is 1. The first-order chi connectivity index (χ1) is 19.8. The molecule has 0 atom stereocenters. The monoisotopic (exact) mass is 569 g/mol. The van der Waals surface area contributed by atoms with Gasteiger partial charge < -0.3 is 4.90 Å². The molecule has 3 aliphatic rings. The fraction of sp³-hybridized carbons (Fsp3) is 0.829. The van der Waals surface area contributed by atoms with E-state index < -0.39 is 0 Å². The Balaban J connectivity index is 1.68. The molecule has 0 saturated carbocycles. The summed E-state index contributed by atoms with van der Waals surface area (Å²) in [6, 6.07) is 1.31. The van der Waals surface area contributed by atoms with E-state index >= 15 is 0 Å². The summed E-state index contributed by atoms with van der Waals surface area (Å²) < 4.78 is 0. The summed E-state index contributed by atoms with van der Waals surface area (Å²) in [7, 11) is 0. The Labute approximate surface area is 254 Å². The summed E-state index contributed by atoms with van der Waals surface area (Å²) in [6.07, 6.45) is 3.45. The van der Waals surface area contributed by atoms with Gasteiger partial charge in [-0.2, -0.15) is 0 Å². The average Bonchev–Trinajstić information content (AvgIpc) is 2.98. The molecule has 1 aromatic carbocycles. The third-order valence-electron chi connectivity index (χ3n) is 10.6. The van der Waals surface area contributed by atoms with E-state index in [1.165, 1.54) is 85.1 Å². The molecule has 1 aromatic rings. The summed E-state index contributed by atoms with van der Waals surface area (Å²) in [6.45, 7) is 38.0. The van der Waals surface area contributed by atoms with Crippen molar-refractivity contribution in [3.63, 3.8) is 0 Å². The minimum Gasteiger partial charge on any atom is -0.301 e. The molecule has 0 unspecified atom stereocenters. The Bertz CT molecular complexity index is 875. The Morgan fingerprint density at radius 3 is 0.902 bits per heavy atom. The molecule has 41 heavy (non-hydrogen) atoms. The van der Waals surface area contributed by atoms with Crippen LogP contribution in [0.2, 0.25) is 0 Å². The van der Waals surface area contributed by atoms with Gasteiger partial charge in [0, 0.05) is 110 Å². The van der Waals surface area contributed by atoms with Crippen molar-refractivity contribution in [2.45, 2.75) is 106 Å². The molecule has 6 heteroatoms. The van der Waals surface area contributed by atoms with Crippen LogP contribution in [-0.4, -0.2) is 127 Å². The molecule has 3 saturated heterocycles. The topological polar surface area (TPSA) is 19.4 Å². The van der Waals surface area contributed by atoms with Gasteiger partial charge in [0.05, 0.1) is 0 Å². The van der Waals surface area contributed by atoms with Crippen LogP contribution in [0.3, 0.4) is 0 Å². The summed E-state index contributed by atoms with van der Waals surface area (Å²) >= 11 is 0. The standard InChI is InChI=1S/C35H64N6/c1-9-30-33(25-37-15-13-36(12-4)14-16-37)31(10-2)35(27-39-19-23-41(24-20-39)29(7)8)32(11-3)34(30)26-38-17-21-40(22-18-38)28(5)6/h28-29H,9-27H2,1-8H3. The highest BCUT2D eigenvalue weighted by Gasteiger charge is 2.28. The SMILES string of the molecule is CCc1c(CN2CCN(CC)CC2)c(CC)c(CN2CCN(C(C)C)CC2)c(CC)c1CN1CCN(C(C)C)CC1. The number of nitrogens with zero attached hydrogens (tertiary/aromatic N) is 6. The second-order valence-corrected chi connectivity index (χ2v) is 13.5. The fourth-order valence-electron chi connectivity index (χ4n) is 7.76. The third-order valence-corrected chi connectivity index (χ3v) is 10.6. The van der Waals surface area contributed by atoms with Crippen LogP contribution in [0.5, 0.6) is 0 Å². The maximum atomic E-state index is 2.77. The third kappa shape index (κ3) is 8.13. The Morgan fingerprint density at radius 2 is 0.659 bits per heavy atom. The molecule has 3 heterocycles. The van der Waals surface area contributed by atoms with Crippen LogP contribution < -0.4 is 0 Å². The van der Waals surface area contributed by atoms with Gasteiger partial charge in [0.1, 0.15) is 0 Å². The molecule has 0 aliphatic carbocycles. The molecule has 0 radical (unpaired) electrons.